The highest BCUT2D eigenvalue weighted by molar-refractivity contribution is 7.12. The Morgan fingerprint density at radius 3 is 2.33 bits per heavy atom. The van der Waals surface area contributed by atoms with E-state index in [4.69, 9.17) is 4.74 Å². The van der Waals surface area contributed by atoms with Crippen molar-refractivity contribution >= 4 is 40.8 Å². The van der Waals surface area contributed by atoms with Gasteiger partial charge in [-0.15, -0.1) is 11.3 Å². The van der Waals surface area contributed by atoms with Crippen LogP contribution in [0.4, 0.5) is 5.69 Å². The molecule has 9 heteroatoms. The van der Waals surface area contributed by atoms with Crippen LogP contribution < -0.4 is 10.6 Å². The van der Waals surface area contributed by atoms with Crippen molar-refractivity contribution in [3.8, 4) is 0 Å². The molecule has 0 unspecified atom stereocenters. The maximum Gasteiger partial charge on any atom is 0.350 e. The number of hydrogen-bond acceptors (Lipinski definition) is 7. The largest absolute Gasteiger partial charge is 0.465 e. The Hall–Kier alpha value is -2.42. The molecule has 4 aliphatic carbocycles. The van der Waals surface area contributed by atoms with Crippen LogP contribution >= 0.6 is 11.3 Å². The lowest BCUT2D eigenvalue weighted by Crippen LogP contribution is -2.54. The van der Waals surface area contributed by atoms with Crippen LogP contribution in [-0.4, -0.2) is 44.0 Å². The van der Waals surface area contributed by atoms with E-state index in [2.05, 4.69) is 15.4 Å². The number of carbonyl (C=O) groups excluding carboxylic acids is 4. The Morgan fingerprint density at radius 2 is 1.73 bits per heavy atom. The van der Waals surface area contributed by atoms with E-state index in [1.54, 1.807) is 11.4 Å². The number of methoxy groups -OCH3 is 1. The minimum absolute atomic E-state index is 0.0519. The number of thiophene rings is 1. The maximum atomic E-state index is 12.8. The molecule has 0 aliphatic heterocycles. The quantitative estimate of drug-likeness (QED) is 0.638. The lowest BCUT2D eigenvalue weighted by Gasteiger charge is -2.55. The topological polar surface area (TPSA) is 111 Å². The van der Waals surface area contributed by atoms with Crippen molar-refractivity contribution in [1.82, 2.24) is 5.32 Å². The minimum Gasteiger partial charge on any atom is -0.465 e. The van der Waals surface area contributed by atoms with E-state index in [9.17, 15) is 19.2 Å². The van der Waals surface area contributed by atoms with E-state index in [0.717, 1.165) is 30.6 Å². The van der Waals surface area contributed by atoms with Crippen LogP contribution in [0.25, 0.3) is 0 Å². The third-order valence-electron chi connectivity index (χ3n) is 6.59. The van der Waals surface area contributed by atoms with Gasteiger partial charge in [0.05, 0.1) is 12.8 Å². The molecular formula is C21H26N2O6S. The Balaban J connectivity index is 1.22. The summed E-state index contributed by atoms with van der Waals surface area (Å²) >= 11 is 1.14. The van der Waals surface area contributed by atoms with Gasteiger partial charge < -0.3 is 20.1 Å². The fourth-order valence-corrected chi connectivity index (χ4v) is 6.54. The van der Waals surface area contributed by atoms with E-state index in [-0.39, 0.29) is 22.7 Å². The summed E-state index contributed by atoms with van der Waals surface area (Å²) in [5.74, 6) is 0.0913. The highest BCUT2D eigenvalue weighted by Crippen LogP contribution is 2.60. The summed E-state index contributed by atoms with van der Waals surface area (Å²) in [4.78, 5) is 48.8. The summed E-state index contributed by atoms with van der Waals surface area (Å²) in [5, 5.41) is 6.90. The zero-order valence-electron chi connectivity index (χ0n) is 16.9. The van der Waals surface area contributed by atoms with Gasteiger partial charge in [-0.1, -0.05) is 0 Å². The average Bonchev–Trinajstić information content (AvgIpc) is 3.16. The van der Waals surface area contributed by atoms with Crippen molar-refractivity contribution in [1.29, 1.82) is 0 Å². The zero-order valence-corrected chi connectivity index (χ0v) is 17.7. The molecule has 0 atom stereocenters. The second kappa shape index (κ2) is 8.37. The Kier molecular flexibility index (Phi) is 5.81. The molecule has 0 radical (unpaired) electrons. The molecule has 4 fully saturated rings. The number of ether oxygens (including phenoxy) is 2. The van der Waals surface area contributed by atoms with Crippen LogP contribution in [0.15, 0.2) is 11.4 Å². The smallest absolute Gasteiger partial charge is 0.350 e. The molecule has 162 valence electrons. The van der Waals surface area contributed by atoms with Crippen molar-refractivity contribution in [3.05, 3.63) is 16.3 Å². The molecule has 2 N–H and O–H groups in total. The highest BCUT2D eigenvalue weighted by atomic mass is 32.1. The summed E-state index contributed by atoms with van der Waals surface area (Å²) in [6.07, 6.45) is 6.49. The van der Waals surface area contributed by atoms with Crippen molar-refractivity contribution in [3.63, 3.8) is 0 Å². The number of amides is 2. The number of hydrogen-bond donors (Lipinski definition) is 2. The third-order valence-corrected chi connectivity index (χ3v) is 7.48. The zero-order chi connectivity index (χ0) is 21.3. The lowest BCUT2D eigenvalue weighted by molar-refractivity contribution is -0.152. The van der Waals surface area contributed by atoms with Crippen LogP contribution in [0.5, 0.6) is 0 Å². The fourth-order valence-electron chi connectivity index (χ4n) is 5.77. The molecule has 5 rings (SSSR count). The number of anilines is 1. The normalized spacial score (nSPS) is 28.6. The van der Waals surface area contributed by atoms with E-state index in [1.807, 2.05) is 0 Å². The molecule has 0 saturated heterocycles. The van der Waals surface area contributed by atoms with E-state index in [0.29, 0.717) is 23.4 Å². The molecule has 1 heterocycles. The van der Waals surface area contributed by atoms with Gasteiger partial charge in [-0.2, -0.15) is 0 Å². The van der Waals surface area contributed by atoms with Gasteiger partial charge in [0.15, 0.2) is 6.61 Å². The molecule has 30 heavy (non-hydrogen) atoms. The van der Waals surface area contributed by atoms with Crippen LogP contribution in [0.2, 0.25) is 0 Å². The second-order valence-electron chi connectivity index (χ2n) is 8.74. The summed E-state index contributed by atoms with van der Waals surface area (Å²) in [7, 11) is 1.26. The first-order valence-corrected chi connectivity index (χ1v) is 11.2. The monoisotopic (exact) mass is 434 g/mol. The van der Waals surface area contributed by atoms with Crippen molar-refractivity contribution < 1.29 is 28.7 Å². The molecule has 4 bridgehead atoms. The predicted octanol–water partition coefficient (Wildman–Crippen LogP) is 2.35. The average molecular weight is 435 g/mol. The summed E-state index contributed by atoms with van der Waals surface area (Å²) in [6.45, 7) is -0.748. The first-order valence-electron chi connectivity index (χ1n) is 10.3. The predicted molar refractivity (Wildman–Crippen MR) is 109 cm³/mol. The summed E-state index contributed by atoms with van der Waals surface area (Å²) < 4.78 is 9.62. The van der Waals surface area contributed by atoms with E-state index < -0.39 is 24.5 Å². The Labute approximate surface area is 178 Å². The van der Waals surface area contributed by atoms with Gasteiger partial charge in [0.1, 0.15) is 11.4 Å². The number of nitrogens with one attached hydrogen (secondary N) is 2. The summed E-state index contributed by atoms with van der Waals surface area (Å²) in [5.41, 5.74) is -0.0154. The fraction of sp³-hybridized carbons (Fsp3) is 0.619. The van der Waals surface area contributed by atoms with Gasteiger partial charge in [-0.3, -0.25) is 14.4 Å². The molecule has 1 aromatic heterocycles. The van der Waals surface area contributed by atoms with Crippen molar-refractivity contribution in [2.45, 2.75) is 38.5 Å². The van der Waals surface area contributed by atoms with Crippen LogP contribution in [0.1, 0.15) is 48.2 Å². The summed E-state index contributed by atoms with van der Waals surface area (Å²) in [6, 6.07) is 1.57. The molecule has 8 nitrogen and oxygen atoms in total. The standard InChI is InChI=1S/C21H26N2O6S/c1-28-19(26)18-15(2-3-30-18)23-16(24)11-29-17(25)10-22-20(27)21-7-12-4-13(8-21)6-14(5-12)9-21/h2-3,12-14H,4-11H2,1H3,(H,22,27)(H,23,24). The molecule has 4 saturated carbocycles. The van der Waals surface area contributed by atoms with Crippen LogP contribution in [0.3, 0.4) is 0 Å². The second-order valence-corrected chi connectivity index (χ2v) is 9.66. The van der Waals surface area contributed by atoms with Gasteiger partial charge in [-0.05, 0) is 67.7 Å². The van der Waals surface area contributed by atoms with Crippen molar-refractivity contribution in [2.75, 3.05) is 25.6 Å². The molecule has 0 aromatic carbocycles. The van der Waals surface area contributed by atoms with Crippen LogP contribution in [-0.2, 0) is 23.9 Å². The first kappa shape index (κ1) is 20.8. The van der Waals surface area contributed by atoms with E-state index >= 15 is 0 Å². The van der Waals surface area contributed by atoms with E-state index in [1.165, 1.54) is 26.4 Å². The molecule has 0 spiro atoms. The minimum atomic E-state index is -0.665. The lowest BCUT2D eigenvalue weighted by atomic mass is 9.49. The number of carbonyl (C=O) groups is 4. The van der Waals surface area contributed by atoms with Gasteiger partial charge in [0.25, 0.3) is 5.91 Å². The van der Waals surface area contributed by atoms with Crippen molar-refractivity contribution in [2.24, 2.45) is 23.2 Å². The molecule has 1 aromatic rings. The number of esters is 2. The van der Waals surface area contributed by atoms with Gasteiger partial charge in [0, 0.05) is 5.41 Å². The van der Waals surface area contributed by atoms with Gasteiger partial charge in [0.2, 0.25) is 5.91 Å². The maximum absolute atomic E-state index is 12.8. The molecule has 2 amide bonds. The van der Waals surface area contributed by atoms with Gasteiger partial charge in [-0.25, -0.2) is 4.79 Å². The Bertz CT molecular complexity index is 828. The van der Waals surface area contributed by atoms with Crippen LogP contribution in [0, 0.1) is 23.2 Å². The highest BCUT2D eigenvalue weighted by Gasteiger charge is 2.54. The number of rotatable bonds is 7. The molecular weight excluding hydrogens is 408 g/mol. The molecule has 4 aliphatic rings. The SMILES string of the molecule is COC(=O)c1sccc1NC(=O)COC(=O)CNC(=O)C12CC3CC(CC(C3)C1)C2. The first-order chi connectivity index (χ1) is 14.4. The van der Waals surface area contributed by atoms with Gasteiger partial charge >= 0.3 is 11.9 Å². The Morgan fingerprint density at radius 1 is 1.10 bits per heavy atom. The third kappa shape index (κ3) is 4.21.